The van der Waals surface area contributed by atoms with E-state index in [2.05, 4.69) is 10.6 Å². The second-order valence-corrected chi connectivity index (χ2v) is 7.50. The summed E-state index contributed by atoms with van der Waals surface area (Å²) in [7, 11) is 0. The van der Waals surface area contributed by atoms with E-state index in [4.69, 9.17) is 0 Å². The van der Waals surface area contributed by atoms with E-state index in [-0.39, 0.29) is 42.6 Å². The Morgan fingerprint density at radius 3 is 2.81 bits per heavy atom. The van der Waals surface area contributed by atoms with Gasteiger partial charge in [0.15, 0.2) is 0 Å². The number of rotatable bonds is 5. The molecule has 0 bridgehead atoms. The van der Waals surface area contributed by atoms with E-state index in [1.54, 1.807) is 6.07 Å². The summed E-state index contributed by atoms with van der Waals surface area (Å²) in [5.41, 5.74) is 0.152. The van der Waals surface area contributed by atoms with Gasteiger partial charge in [-0.25, -0.2) is 9.18 Å². The minimum Gasteiger partial charge on any atom is -0.353 e. The van der Waals surface area contributed by atoms with Gasteiger partial charge in [-0.1, -0.05) is 25.0 Å². The van der Waals surface area contributed by atoms with Crippen molar-refractivity contribution in [1.82, 2.24) is 15.5 Å². The number of amides is 4. The lowest BCUT2D eigenvalue weighted by Crippen LogP contribution is -2.44. The third-order valence-corrected chi connectivity index (χ3v) is 5.68. The molecule has 1 heterocycles. The van der Waals surface area contributed by atoms with Crippen LogP contribution in [0.25, 0.3) is 0 Å². The van der Waals surface area contributed by atoms with Crippen LogP contribution < -0.4 is 10.6 Å². The van der Waals surface area contributed by atoms with Gasteiger partial charge in [-0.3, -0.25) is 14.5 Å². The highest BCUT2D eigenvalue weighted by molar-refractivity contribution is 6.07. The van der Waals surface area contributed by atoms with Crippen molar-refractivity contribution < 1.29 is 18.8 Å². The van der Waals surface area contributed by atoms with Crippen LogP contribution in [0.2, 0.25) is 0 Å². The summed E-state index contributed by atoms with van der Waals surface area (Å²) < 4.78 is 13.3. The van der Waals surface area contributed by atoms with E-state index in [1.807, 2.05) is 6.07 Å². The highest BCUT2D eigenvalue weighted by Gasteiger charge is 2.52. The van der Waals surface area contributed by atoms with Crippen LogP contribution in [0, 0.1) is 5.82 Å². The summed E-state index contributed by atoms with van der Waals surface area (Å²) in [5, 5.41) is 5.72. The van der Waals surface area contributed by atoms with Crippen LogP contribution in [0.4, 0.5) is 9.18 Å². The fourth-order valence-electron chi connectivity index (χ4n) is 4.15. The van der Waals surface area contributed by atoms with Gasteiger partial charge in [0.1, 0.15) is 11.4 Å². The zero-order valence-corrected chi connectivity index (χ0v) is 14.5. The molecule has 3 fully saturated rings. The van der Waals surface area contributed by atoms with Crippen LogP contribution in [0.15, 0.2) is 24.3 Å². The molecule has 0 aromatic heterocycles. The molecule has 1 aromatic carbocycles. The molecular formula is C19H22FN3O3. The molecule has 7 heteroatoms. The minimum atomic E-state index is -0.730. The second kappa shape index (κ2) is 6.37. The van der Waals surface area contributed by atoms with Crippen LogP contribution in [0.1, 0.15) is 50.0 Å². The van der Waals surface area contributed by atoms with Gasteiger partial charge in [0.25, 0.3) is 5.91 Å². The maximum atomic E-state index is 13.3. The topological polar surface area (TPSA) is 78.5 Å². The van der Waals surface area contributed by atoms with Crippen molar-refractivity contribution in [2.75, 3.05) is 6.54 Å². The predicted molar refractivity (Wildman–Crippen MR) is 91.7 cm³/mol. The van der Waals surface area contributed by atoms with Crippen molar-refractivity contribution in [3.8, 4) is 0 Å². The van der Waals surface area contributed by atoms with Gasteiger partial charge in [-0.2, -0.15) is 0 Å². The van der Waals surface area contributed by atoms with Crippen LogP contribution in [0.3, 0.4) is 0 Å². The van der Waals surface area contributed by atoms with Gasteiger partial charge >= 0.3 is 6.03 Å². The third kappa shape index (κ3) is 3.06. The Kier molecular flexibility index (Phi) is 4.17. The first-order chi connectivity index (χ1) is 12.5. The lowest BCUT2D eigenvalue weighted by molar-refractivity contribution is -0.131. The van der Waals surface area contributed by atoms with Gasteiger partial charge in [0.2, 0.25) is 5.91 Å². The second-order valence-electron chi connectivity index (χ2n) is 7.50. The molecule has 3 aliphatic rings. The summed E-state index contributed by atoms with van der Waals surface area (Å²) in [6.07, 6.45) is 4.09. The molecule has 4 rings (SSSR count). The number of hydrogen-bond acceptors (Lipinski definition) is 3. The molecule has 0 radical (unpaired) electrons. The van der Waals surface area contributed by atoms with E-state index in [1.165, 1.54) is 17.0 Å². The highest BCUT2D eigenvalue weighted by Crippen LogP contribution is 2.41. The first-order valence-electron chi connectivity index (χ1n) is 9.17. The number of carbonyl (C=O) groups excluding carboxylic acids is 3. The Bertz CT molecular complexity index is 760. The molecule has 6 nitrogen and oxygen atoms in total. The summed E-state index contributed by atoms with van der Waals surface area (Å²) in [5.74, 6) is -0.536. The average molecular weight is 359 g/mol. The molecule has 2 aliphatic carbocycles. The van der Waals surface area contributed by atoms with Crippen LogP contribution in [0.5, 0.6) is 0 Å². The maximum absolute atomic E-state index is 13.3. The van der Waals surface area contributed by atoms with Crippen LogP contribution >= 0.6 is 0 Å². The Morgan fingerprint density at radius 1 is 1.31 bits per heavy atom. The monoisotopic (exact) mass is 359 g/mol. The molecule has 2 N–H and O–H groups in total. The Labute approximate surface area is 151 Å². The Morgan fingerprint density at radius 2 is 2.08 bits per heavy atom. The summed E-state index contributed by atoms with van der Waals surface area (Å²) >= 11 is 0. The smallest absolute Gasteiger partial charge is 0.325 e. The molecule has 2 saturated carbocycles. The lowest BCUT2D eigenvalue weighted by Gasteiger charge is -2.19. The molecule has 1 aromatic rings. The number of hydrogen-bond donors (Lipinski definition) is 2. The third-order valence-electron chi connectivity index (χ3n) is 5.68. The maximum Gasteiger partial charge on any atom is 0.325 e. The molecule has 1 spiro atoms. The fourth-order valence-corrected chi connectivity index (χ4v) is 4.15. The van der Waals surface area contributed by atoms with Crippen molar-refractivity contribution in [3.05, 3.63) is 35.6 Å². The number of halogens is 1. The highest BCUT2D eigenvalue weighted by atomic mass is 19.1. The normalized spacial score (nSPS) is 26.3. The number of urea groups is 1. The molecule has 4 amide bonds. The van der Waals surface area contributed by atoms with Gasteiger partial charge < -0.3 is 10.6 Å². The SMILES string of the molecule is O=C(CCN1C(=O)NC2(CCCC2)C1=O)N[C@@H]1C[C@H]1c1cccc(F)c1. The number of nitrogens with one attached hydrogen (secondary N) is 2. The number of benzene rings is 1. The van der Waals surface area contributed by atoms with E-state index in [9.17, 15) is 18.8 Å². The number of nitrogens with zero attached hydrogens (tertiary/aromatic N) is 1. The molecular weight excluding hydrogens is 337 g/mol. The molecule has 138 valence electrons. The first kappa shape index (κ1) is 17.0. The van der Waals surface area contributed by atoms with Gasteiger partial charge in [-0.05, 0) is 37.0 Å². The summed E-state index contributed by atoms with van der Waals surface area (Å²) in [6.45, 7) is 0.0929. The van der Waals surface area contributed by atoms with E-state index < -0.39 is 11.6 Å². The zero-order valence-electron chi connectivity index (χ0n) is 14.5. The first-order valence-corrected chi connectivity index (χ1v) is 9.17. The van der Waals surface area contributed by atoms with Gasteiger partial charge in [0, 0.05) is 24.9 Å². The standard InChI is InChI=1S/C19H22FN3O3/c20-13-5-3-4-12(10-13)14-11-15(14)21-16(24)6-9-23-17(25)19(22-18(23)26)7-1-2-8-19/h3-5,10,14-15H,1-2,6-9,11H2,(H,21,24)(H,22,26)/t14-,15+/m0/s1. The number of carbonyl (C=O) groups is 3. The fraction of sp³-hybridized carbons (Fsp3) is 0.526. The van der Waals surface area contributed by atoms with Gasteiger partial charge in [0.05, 0.1) is 0 Å². The van der Waals surface area contributed by atoms with Crippen molar-refractivity contribution in [2.24, 2.45) is 0 Å². The van der Waals surface area contributed by atoms with Crippen molar-refractivity contribution >= 4 is 17.8 Å². The van der Waals surface area contributed by atoms with Crippen molar-refractivity contribution in [3.63, 3.8) is 0 Å². The molecule has 26 heavy (non-hydrogen) atoms. The predicted octanol–water partition coefficient (Wildman–Crippen LogP) is 2.05. The zero-order chi connectivity index (χ0) is 18.3. The van der Waals surface area contributed by atoms with Crippen molar-refractivity contribution in [1.29, 1.82) is 0 Å². The average Bonchev–Trinajstić information content (AvgIpc) is 3.12. The quantitative estimate of drug-likeness (QED) is 0.790. The van der Waals surface area contributed by atoms with Crippen molar-refractivity contribution in [2.45, 2.75) is 56.0 Å². The minimum absolute atomic E-state index is 0.00594. The summed E-state index contributed by atoms with van der Waals surface area (Å²) in [4.78, 5) is 38.0. The van der Waals surface area contributed by atoms with E-state index in [0.29, 0.717) is 12.8 Å². The van der Waals surface area contributed by atoms with E-state index >= 15 is 0 Å². The molecule has 2 atom stereocenters. The van der Waals surface area contributed by atoms with E-state index in [0.717, 1.165) is 24.8 Å². The van der Waals surface area contributed by atoms with Crippen LogP contribution in [-0.4, -0.2) is 40.9 Å². The molecule has 1 aliphatic heterocycles. The number of imide groups is 1. The summed E-state index contributed by atoms with van der Waals surface area (Å²) in [6, 6.07) is 6.01. The largest absolute Gasteiger partial charge is 0.353 e. The Balaban J connectivity index is 1.27. The Hall–Kier alpha value is -2.44. The molecule has 0 unspecified atom stereocenters. The van der Waals surface area contributed by atoms with Gasteiger partial charge in [-0.15, -0.1) is 0 Å². The lowest BCUT2D eigenvalue weighted by atomic mass is 9.98. The van der Waals surface area contributed by atoms with Crippen LogP contribution in [-0.2, 0) is 9.59 Å². The molecule has 1 saturated heterocycles.